The quantitative estimate of drug-likeness (QED) is 0.237. The molecular weight excluding hydrogens is 518 g/mol. The van der Waals surface area contributed by atoms with Crippen LogP contribution in [0.25, 0.3) is 27.7 Å². The fraction of sp³-hybridized carbons (Fsp3) is 0.414. The third-order valence-electron chi connectivity index (χ3n) is 7.45. The first kappa shape index (κ1) is 28.2. The molecule has 0 saturated carbocycles. The molecule has 11 heteroatoms. The lowest BCUT2D eigenvalue weighted by Crippen LogP contribution is -2.43. The van der Waals surface area contributed by atoms with Crippen LogP contribution in [-0.2, 0) is 11.3 Å². The van der Waals surface area contributed by atoms with Gasteiger partial charge in [0.25, 0.3) is 0 Å². The minimum Gasteiger partial charge on any atom is -0.387 e. The van der Waals surface area contributed by atoms with Crippen LogP contribution in [0.3, 0.4) is 0 Å². The normalized spacial score (nSPS) is 18.0. The van der Waals surface area contributed by atoms with Gasteiger partial charge in [-0.05, 0) is 36.6 Å². The lowest BCUT2D eigenvalue weighted by atomic mass is 10.0. The van der Waals surface area contributed by atoms with Gasteiger partial charge in [-0.15, -0.1) is 0 Å². The van der Waals surface area contributed by atoms with Gasteiger partial charge in [-0.1, -0.05) is 12.1 Å². The largest absolute Gasteiger partial charge is 0.387 e. The molecule has 3 heterocycles. The van der Waals surface area contributed by atoms with E-state index in [0.29, 0.717) is 59.7 Å². The van der Waals surface area contributed by atoms with Crippen LogP contribution in [0.4, 0.5) is 8.78 Å². The number of allylic oxidation sites excluding steroid dienone is 1. The molecule has 2 saturated heterocycles. The second kappa shape index (κ2) is 12.9. The van der Waals surface area contributed by atoms with Crippen molar-refractivity contribution in [2.24, 2.45) is 0 Å². The summed E-state index contributed by atoms with van der Waals surface area (Å²) in [5, 5.41) is 29.7. The zero-order valence-electron chi connectivity index (χ0n) is 22.2. The Balaban J connectivity index is 1.37. The van der Waals surface area contributed by atoms with Crippen molar-refractivity contribution in [3.63, 3.8) is 0 Å². The van der Waals surface area contributed by atoms with Crippen LogP contribution in [0.15, 0.2) is 42.7 Å². The van der Waals surface area contributed by atoms with Crippen molar-refractivity contribution in [1.29, 1.82) is 5.41 Å². The Hall–Kier alpha value is -3.35. The predicted octanol–water partition coefficient (Wildman–Crippen LogP) is 2.76. The second-order valence-electron chi connectivity index (χ2n) is 10.2. The maximum absolute atomic E-state index is 15.2. The van der Waals surface area contributed by atoms with Crippen LogP contribution in [0, 0.1) is 17.0 Å². The van der Waals surface area contributed by atoms with Gasteiger partial charge < -0.3 is 25.7 Å². The highest BCUT2D eigenvalue weighted by Gasteiger charge is 2.21. The van der Waals surface area contributed by atoms with E-state index < -0.39 is 17.9 Å². The van der Waals surface area contributed by atoms with Crippen molar-refractivity contribution >= 4 is 22.8 Å². The molecule has 0 spiro atoms. The van der Waals surface area contributed by atoms with Crippen molar-refractivity contribution in [2.45, 2.75) is 31.7 Å². The van der Waals surface area contributed by atoms with Crippen molar-refractivity contribution in [3.8, 4) is 11.1 Å². The van der Waals surface area contributed by atoms with Crippen LogP contribution < -0.4 is 5.32 Å². The molecule has 0 bridgehead atoms. The number of benzene rings is 2. The highest BCUT2D eigenvalue weighted by atomic mass is 19.1. The number of piperidine rings is 1. The number of hydrogen-bond acceptors (Lipinski definition) is 9. The molecule has 1 aromatic heterocycles. The topological polar surface area (TPSA) is 118 Å². The lowest BCUT2D eigenvalue weighted by molar-refractivity contribution is -0.0644. The Morgan fingerprint density at radius 1 is 1.10 bits per heavy atom. The number of fused-ring (bicyclic) bond motifs is 1. The van der Waals surface area contributed by atoms with Gasteiger partial charge in [0.15, 0.2) is 6.29 Å². The van der Waals surface area contributed by atoms with Crippen molar-refractivity contribution < 1.29 is 23.7 Å². The molecule has 0 unspecified atom stereocenters. The molecule has 212 valence electrons. The number of nitrogens with zero attached hydrogens (tertiary/aromatic N) is 4. The first-order valence-electron chi connectivity index (χ1n) is 13.5. The number of rotatable bonds is 9. The van der Waals surface area contributed by atoms with Crippen molar-refractivity contribution in [3.05, 3.63) is 65.6 Å². The average molecular weight is 553 g/mol. The number of aliphatic hydroxyl groups is 2. The Morgan fingerprint density at radius 2 is 1.82 bits per heavy atom. The summed E-state index contributed by atoms with van der Waals surface area (Å²) in [7, 11) is 0. The molecule has 0 atom stereocenters. The third-order valence-corrected chi connectivity index (χ3v) is 7.45. The zero-order chi connectivity index (χ0) is 28.1. The van der Waals surface area contributed by atoms with E-state index in [1.165, 1.54) is 18.3 Å². The molecule has 4 N–H and O–H groups in total. The molecule has 2 fully saturated rings. The second-order valence-corrected chi connectivity index (χ2v) is 10.2. The summed E-state index contributed by atoms with van der Waals surface area (Å²) < 4.78 is 35.7. The van der Waals surface area contributed by atoms with Gasteiger partial charge in [0.1, 0.15) is 11.6 Å². The number of aliphatic hydroxyl groups excluding tert-OH is 1. The number of halogens is 2. The molecule has 9 nitrogen and oxygen atoms in total. The smallest absolute Gasteiger partial charge is 0.164 e. The first-order valence-corrected chi connectivity index (χ1v) is 13.5. The van der Waals surface area contributed by atoms with Gasteiger partial charge in [-0.25, -0.2) is 13.8 Å². The van der Waals surface area contributed by atoms with E-state index >= 15 is 8.78 Å². The van der Waals surface area contributed by atoms with E-state index in [-0.39, 0.29) is 24.7 Å². The summed E-state index contributed by atoms with van der Waals surface area (Å²) in [4.78, 5) is 13.2. The Labute approximate surface area is 231 Å². The fourth-order valence-electron chi connectivity index (χ4n) is 5.21. The Morgan fingerprint density at radius 3 is 2.50 bits per heavy atom. The average Bonchev–Trinajstić information content (AvgIpc) is 2.96. The molecule has 2 aromatic carbocycles. The maximum Gasteiger partial charge on any atom is 0.164 e. The summed E-state index contributed by atoms with van der Waals surface area (Å²) in [5.74, 6) is -1.21. The third kappa shape index (κ3) is 6.68. The number of likely N-dealkylation sites (tertiary alicyclic amines) is 1. The summed E-state index contributed by atoms with van der Waals surface area (Å²) in [6, 6.07) is 8.20. The molecule has 2 aliphatic rings. The van der Waals surface area contributed by atoms with Gasteiger partial charge in [0, 0.05) is 74.4 Å². The number of para-hydroxylation sites is 1. The van der Waals surface area contributed by atoms with Crippen molar-refractivity contribution in [2.75, 3.05) is 45.9 Å². The van der Waals surface area contributed by atoms with Gasteiger partial charge in [0.2, 0.25) is 0 Å². The van der Waals surface area contributed by atoms with Crippen LogP contribution in [0.2, 0.25) is 0 Å². The van der Waals surface area contributed by atoms with E-state index in [9.17, 15) is 10.2 Å². The number of morpholine rings is 1. The minimum atomic E-state index is -1.34. The van der Waals surface area contributed by atoms with Crippen molar-refractivity contribution in [1.82, 2.24) is 25.1 Å². The zero-order valence-corrected chi connectivity index (χ0v) is 22.2. The van der Waals surface area contributed by atoms with Crippen LogP contribution >= 0.6 is 0 Å². The first-order chi connectivity index (χ1) is 19.4. The lowest BCUT2D eigenvalue weighted by Gasteiger charge is -2.32. The van der Waals surface area contributed by atoms with E-state index in [4.69, 9.17) is 15.1 Å². The molecule has 0 amide bonds. The van der Waals surface area contributed by atoms with Gasteiger partial charge in [0.05, 0.1) is 36.1 Å². The number of ether oxygens (including phenoxy) is 1. The molecule has 40 heavy (non-hydrogen) atoms. The molecule has 2 aliphatic heterocycles. The van der Waals surface area contributed by atoms with E-state index in [0.717, 1.165) is 25.9 Å². The molecule has 0 radical (unpaired) electrons. The monoisotopic (exact) mass is 552 g/mol. The van der Waals surface area contributed by atoms with Crippen LogP contribution in [0.1, 0.15) is 24.1 Å². The standard InChI is InChI=1S/C29H34F2N6O3/c30-24-12-19(13-25(31)23(24)17-37-8-10-40-11-9-37)22-2-1-3-26-29(22)35-27(16-34-26)20(14-32)15-33-21-4-6-36(7-5-21)18-28(38)39/h1-3,12-16,21,28,32-33,38-39H,4-11,17-18H2/b20-15+,32-14?. The number of hydrogen-bond donors (Lipinski definition) is 4. The predicted molar refractivity (Wildman–Crippen MR) is 149 cm³/mol. The number of β-amino-alcohol motifs (C(OH)–C–C–N with tert-alkyl or cyclic N) is 2. The number of nitrogens with one attached hydrogen (secondary N) is 2. The van der Waals surface area contributed by atoms with E-state index in [1.54, 1.807) is 30.6 Å². The van der Waals surface area contributed by atoms with Gasteiger partial charge in [-0.2, -0.15) is 0 Å². The Kier molecular flexibility index (Phi) is 9.08. The summed E-state index contributed by atoms with van der Waals surface area (Å²) in [6.07, 6.45) is 4.82. The van der Waals surface area contributed by atoms with Crippen LogP contribution in [-0.4, -0.2) is 94.5 Å². The van der Waals surface area contributed by atoms with E-state index in [1.807, 2.05) is 9.80 Å². The maximum atomic E-state index is 15.2. The highest BCUT2D eigenvalue weighted by molar-refractivity contribution is 6.08. The van der Waals surface area contributed by atoms with Gasteiger partial charge >= 0.3 is 0 Å². The molecule has 5 rings (SSSR count). The highest BCUT2D eigenvalue weighted by Crippen LogP contribution is 2.30. The van der Waals surface area contributed by atoms with E-state index in [2.05, 4.69) is 10.3 Å². The summed E-state index contributed by atoms with van der Waals surface area (Å²) in [6.45, 7) is 4.25. The molecule has 0 aliphatic carbocycles. The summed E-state index contributed by atoms with van der Waals surface area (Å²) in [5.41, 5.74) is 3.02. The molecule has 3 aromatic rings. The summed E-state index contributed by atoms with van der Waals surface area (Å²) >= 11 is 0. The number of aromatic nitrogens is 2. The van der Waals surface area contributed by atoms with Crippen LogP contribution in [0.5, 0.6) is 0 Å². The molecular formula is C29H34F2N6O3. The van der Waals surface area contributed by atoms with Gasteiger partial charge in [-0.3, -0.25) is 14.8 Å². The SMILES string of the molecule is N=C/C(=C\NC1CCN(CC(O)O)CC1)c1cnc2cccc(-c3cc(F)c(CN4CCOCC4)c(F)c3)c2n1. The minimum absolute atomic E-state index is 0.0381. The fourth-order valence-corrected chi connectivity index (χ4v) is 5.21. The Bertz CT molecular complexity index is 1350.